The first-order chi connectivity index (χ1) is 10.3. The Bertz CT molecular complexity index is 500. The zero-order chi connectivity index (χ0) is 14.7. The van der Waals surface area contributed by atoms with Crippen LogP contribution in [0.15, 0.2) is 24.3 Å². The summed E-state index contributed by atoms with van der Waals surface area (Å²) in [6.07, 6.45) is 6.80. The van der Waals surface area contributed by atoms with Crippen LogP contribution in [0.2, 0.25) is 0 Å². The van der Waals surface area contributed by atoms with Crippen molar-refractivity contribution in [2.24, 2.45) is 11.8 Å². The number of Topliss-reactive ketones (excluding diaryl/α,β-unsaturated/α-hetero) is 1. The number of carbonyl (C=O) groups excluding carboxylic acids is 1. The molecule has 2 aliphatic rings. The van der Waals surface area contributed by atoms with E-state index in [4.69, 9.17) is 4.74 Å². The van der Waals surface area contributed by atoms with Crippen LogP contribution in [0.4, 0.5) is 0 Å². The molecule has 1 aromatic rings. The van der Waals surface area contributed by atoms with Crippen molar-refractivity contribution in [1.82, 2.24) is 4.90 Å². The summed E-state index contributed by atoms with van der Waals surface area (Å²) in [7, 11) is 1.62. The molecule has 0 bridgehead atoms. The van der Waals surface area contributed by atoms with Gasteiger partial charge in [-0.05, 0) is 43.4 Å². The first kappa shape index (κ1) is 14.6. The fourth-order valence-corrected chi connectivity index (χ4v) is 3.98. The van der Waals surface area contributed by atoms with Gasteiger partial charge in [0.25, 0.3) is 0 Å². The third kappa shape index (κ3) is 3.29. The molecule has 1 saturated carbocycles. The minimum absolute atomic E-state index is 0.182. The maximum absolute atomic E-state index is 12.5. The van der Waals surface area contributed by atoms with E-state index in [9.17, 15) is 4.79 Å². The largest absolute Gasteiger partial charge is 0.496 e. The Morgan fingerprint density at radius 1 is 1.19 bits per heavy atom. The van der Waals surface area contributed by atoms with Gasteiger partial charge < -0.3 is 4.74 Å². The number of hydrogen-bond donors (Lipinski definition) is 0. The topological polar surface area (TPSA) is 29.5 Å². The van der Waals surface area contributed by atoms with Gasteiger partial charge in [0.1, 0.15) is 5.75 Å². The maximum atomic E-state index is 12.5. The molecule has 1 heterocycles. The molecular formula is C18H25NO2. The van der Waals surface area contributed by atoms with Crippen LogP contribution in [0.1, 0.15) is 42.5 Å². The molecule has 0 N–H and O–H groups in total. The number of piperidine rings is 1. The van der Waals surface area contributed by atoms with Crippen LogP contribution >= 0.6 is 0 Å². The van der Waals surface area contributed by atoms with Gasteiger partial charge in [0.2, 0.25) is 0 Å². The Kier molecular flexibility index (Phi) is 4.59. The van der Waals surface area contributed by atoms with Crippen LogP contribution in [0.5, 0.6) is 5.75 Å². The highest BCUT2D eigenvalue weighted by atomic mass is 16.5. The summed E-state index contributed by atoms with van der Waals surface area (Å²) < 4.78 is 5.30. The van der Waals surface area contributed by atoms with E-state index in [-0.39, 0.29) is 5.78 Å². The molecule has 1 aliphatic carbocycles. The standard InChI is InChI=1S/C18H25NO2/c1-21-18-9-5-4-8-16(18)17(20)13-19-11-10-14-6-2-3-7-15(14)12-19/h4-5,8-9,14-15H,2-3,6-7,10-13H2,1H3. The average molecular weight is 287 g/mol. The first-order valence-corrected chi connectivity index (χ1v) is 8.16. The lowest BCUT2D eigenvalue weighted by molar-refractivity contribution is 0.0711. The van der Waals surface area contributed by atoms with Crippen LogP contribution in [-0.4, -0.2) is 37.4 Å². The predicted molar refractivity (Wildman–Crippen MR) is 83.8 cm³/mol. The highest BCUT2D eigenvalue weighted by Crippen LogP contribution is 2.36. The van der Waals surface area contributed by atoms with Crippen LogP contribution in [0.3, 0.4) is 0 Å². The Morgan fingerprint density at radius 3 is 2.76 bits per heavy atom. The number of rotatable bonds is 4. The summed E-state index contributed by atoms with van der Waals surface area (Å²) in [5, 5.41) is 0. The molecule has 0 spiro atoms. The number of methoxy groups -OCH3 is 1. The summed E-state index contributed by atoms with van der Waals surface area (Å²) >= 11 is 0. The van der Waals surface area contributed by atoms with Gasteiger partial charge in [0.05, 0.1) is 19.2 Å². The number of para-hydroxylation sites is 1. The lowest BCUT2D eigenvalue weighted by Crippen LogP contribution is -2.43. The Labute approximate surface area is 127 Å². The molecule has 3 rings (SSSR count). The number of benzene rings is 1. The van der Waals surface area contributed by atoms with Crippen molar-refractivity contribution in [2.75, 3.05) is 26.7 Å². The van der Waals surface area contributed by atoms with Crippen molar-refractivity contribution >= 4 is 5.78 Å². The molecule has 1 saturated heterocycles. The second kappa shape index (κ2) is 6.61. The summed E-state index contributed by atoms with van der Waals surface area (Å²) in [6.45, 7) is 2.71. The van der Waals surface area contributed by atoms with E-state index in [1.807, 2.05) is 24.3 Å². The summed E-state index contributed by atoms with van der Waals surface area (Å²) in [5.74, 6) is 2.60. The fraction of sp³-hybridized carbons (Fsp3) is 0.611. The van der Waals surface area contributed by atoms with Gasteiger partial charge in [0, 0.05) is 6.54 Å². The monoisotopic (exact) mass is 287 g/mol. The molecule has 1 aromatic carbocycles. The SMILES string of the molecule is COc1ccccc1C(=O)CN1CCC2CCCCC2C1. The van der Waals surface area contributed by atoms with E-state index in [0.717, 1.165) is 24.9 Å². The van der Waals surface area contributed by atoms with E-state index in [0.29, 0.717) is 17.9 Å². The minimum Gasteiger partial charge on any atom is -0.496 e. The highest BCUT2D eigenvalue weighted by molar-refractivity contribution is 6.00. The number of fused-ring (bicyclic) bond motifs is 1. The molecule has 0 amide bonds. The number of carbonyl (C=O) groups is 1. The molecule has 1 aliphatic heterocycles. The van der Waals surface area contributed by atoms with Crippen LogP contribution in [-0.2, 0) is 0 Å². The second-order valence-electron chi connectivity index (χ2n) is 6.45. The smallest absolute Gasteiger partial charge is 0.180 e. The van der Waals surface area contributed by atoms with Crippen LogP contribution in [0, 0.1) is 11.8 Å². The van der Waals surface area contributed by atoms with E-state index >= 15 is 0 Å². The summed E-state index contributed by atoms with van der Waals surface area (Å²) in [4.78, 5) is 14.9. The average Bonchev–Trinajstić information content (AvgIpc) is 2.54. The molecule has 0 aromatic heterocycles. The minimum atomic E-state index is 0.182. The van der Waals surface area contributed by atoms with E-state index in [2.05, 4.69) is 4.90 Å². The van der Waals surface area contributed by atoms with E-state index in [1.165, 1.54) is 32.1 Å². The lowest BCUT2D eigenvalue weighted by Gasteiger charge is -2.41. The molecule has 2 unspecified atom stereocenters. The Hall–Kier alpha value is -1.35. The van der Waals surface area contributed by atoms with Crippen LogP contribution < -0.4 is 4.74 Å². The predicted octanol–water partition coefficient (Wildman–Crippen LogP) is 3.39. The Morgan fingerprint density at radius 2 is 1.95 bits per heavy atom. The number of likely N-dealkylation sites (tertiary alicyclic amines) is 1. The Balaban J connectivity index is 1.62. The summed E-state index contributed by atoms with van der Waals surface area (Å²) in [5.41, 5.74) is 0.714. The zero-order valence-corrected chi connectivity index (χ0v) is 12.9. The summed E-state index contributed by atoms with van der Waals surface area (Å²) in [6, 6.07) is 7.54. The van der Waals surface area contributed by atoms with E-state index in [1.54, 1.807) is 7.11 Å². The van der Waals surface area contributed by atoms with Gasteiger partial charge in [-0.1, -0.05) is 31.4 Å². The van der Waals surface area contributed by atoms with Gasteiger partial charge >= 0.3 is 0 Å². The first-order valence-electron chi connectivity index (χ1n) is 8.16. The molecule has 3 heteroatoms. The number of ether oxygens (including phenoxy) is 1. The number of ketones is 1. The third-order valence-electron chi connectivity index (χ3n) is 5.15. The quantitative estimate of drug-likeness (QED) is 0.795. The van der Waals surface area contributed by atoms with Gasteiger partial charge in [-0.15, -0.1) is 0 Å². The number of hydrogen-bond acceptors (Lipinski definition) is 3. The molecule has 114 valence electrons. The van der Waals surface area contributed by atoms with Gasteiger partial charge in [-0.3, -0.25) is 9.69 Å². The highest BCUT2D eigenvalue weighted by Gasteiger charge is 2.31. The van der Waals surface area contributed by atoms with Crippen molar-refractivity contribution < 1.29 is 9.53 Å². The van der Waals surface area contributed by atoms with E-state index < -0.39 is 0 Å². The molecular weight excluding hydrogens is 262 g/mol. The van der Waals surface area contributed by atoms with Crippen molar-refractivity contribution in [1.29, 1.82) is 0 Å². The van der Waals surface area contributed by atoms with Crippen molar-refractivity contribution in [3.05, 3.63) is 29.8 Å². The molecule has 2 atom stereocenters. The van der Waals surface area contributed by atoms with Gasteiger partial charge in [-0.25, -0.2) is 0 Å². The van der Waals surface area contributed by atoms with Gasteiger partial charge in [-0.2, -0.15) is 0 Å². The number of nitrogens with zero attached hydrogens (tertiary/aromatic N) is 1. The molecule has 2 fully saturated rings. The molecule has 3 nitrogen and oxygen atoms in total. The normalized spacial score (nSPS) is 26.1. The molecule has 21 heavy (non-hydrogen) atoms. The van der Waals surface area contributed by atoms with Gasteiger partial charge in [0.15, 0.2) is 5.78 Å². The molecule has 0 radical (unpaired) electrons. The lowest BCUT2D eigenvalue weighted by atomic mass is 9.75. The van der Waals surface area contributed by atoms with Crippen LogP contribution in [0.25, 0.3) is 0 Å². The second-order valence-corrected chi connectivity index (χ2v) is 6.45. The third-order valence-corrected chi connectivity index (χ3v) is 5.15. The zero-order valence-electron chi connectivity index (χ0n) is 12.9. The van der Waals surface area contributed by atoms with Crippen molar-refractivity contribution in [3.63, 3.8) is 0 Å². The van der Waals surface area contributed by atoms with Crippen molar-refractivity contribution in [3.8, 4) is 5.75 Å². The fourth-order valence-electron chi connectivity index (χ4n) is 3.98. The van der Waals surface area contributed by atoms with Crippen molar-refractivity contribution in [2.45, 2.75) is 32.1 Å². The maximum Gasteiger partial charge on any atom is 0.180 e.